The Morgan fingerprint density at radius 3 is 2.50 bits per heavy atom. The standard InChI is InChI=1S/C11H6Br3ClN2O2S/c12-6-1-2-8(14)10(4-6)20(18,19)17-9-3-7(13)5-16-11(9)15/h1-5,17H. The van der Waals surface area contributed by atoms with E-state index in [-0.39, 0.29) is 15.7 Å². The van der Waals surface area contributed by atoms with Gasteiger partial charge >= 0.3 is 0 Å². The molecule has 0 saturated heterocycles. The molecule has 106 valence electrons. The molecule has 2 rings (SSSR count). The summed E-state index contributed by atoms with van der Waals surface area (Å²) in [6.45, 7) is 0. The molecule has 1 aromatic carbocycles. The van der Waals surface area contributed by atoms with Gasteiger partial charge in [-0.05, 0) is 56.1 Å². The number of nitrogens with one attached hydrogen (secondary N) is 1. The number of sulfonamides is 1. The summed E-state index contributed by atoms with van der Waals surface area (Å²) >= 11 is 15.6. The topological polar surface area (TPSA) is 59.1 Å². The van der Waals surface area contributed by atoms with E-state index in [2.05, 4.69) is 57.5 Å². The van der Waals surface area contributed by atoms with Crippen molar-refractivity contribution in [1.82, 2.24) is 4.98 Å². The van der Waals surface area contributed by atoms with Crippen LogP contribution in [-0.2, 0) is 10.0 Å². The average Bonchev–Trinajstić information content (AvgIpc) is 2.36. The summed E-state index contributed by atoms with van der Waals surface area (Å²) in [6.07, 6.45) is 1.48. The molecule has 0 bridgehead atoms. The maximum atomic E-state index is 12.4. The molecule has 1 N–H and O–H groups in total. The predicted octanol–water partition coefficient (Wildman–Crippen LogP) is 4.82. The van der Waals surface area contributed by atoms with E-state index in [1.165, 1.54) is 12.3 Å². The molecule has 0 unspecified atom stereocenters. The van der Waals surface area contributed by atoms with Crippen molar-refractivity contribution in [3.63, 3.8) is 0 Å². The van der Waals surface area contributed by atoms with Crippen molar-refractivity contribution in [2.75, 3.05) is 4.72 Å². The Kier molecular flexibility index (Phi) is 5.12. The molecule has 0 radical (unpaired) electrons. The van der Waals surface area contributed by atoms with E-state index >= 15 is 0 Å². The highest BCUT2D eigenvalue weighted by molar-refractivity contribution is 9.11. The van der Waals surface area contributed by atoms with E-state index in [9.17, 15) is 8.42 Å². The minimum Gasteiger partial charge on any atom is -0.276 e. The number of aromatic nitrogens is 1. The molecular formula is C11H6Br3ClN2O2S. The zero-order valence-corrected chi connectivity index (χ0v) is 15.9. The summed E-state index contributed by atoms with van der Waals surface area (Å²) in [7, 11) is -3.78. The van der Waals surface area contributed by atoms with E-state index in [0.717, 1.165) is 0 Å². The lowest BCUT2D eigenvalue weighted by atomic mass is 10.4. The summed E-state index contributed by atoms with van der Waals surface area (Å²) in [6, 6.07) is 6.40. The van der Waals surface area contributed by atoms with Gasteiger partial charge in [-0.3, -0.25) is 4.72 Å². The number of halogens is 4. The molecule has 2 aromatic rings. The number of benzene rings is 1. The number of pyridine rings is 1. The van der Waals surface area contributed by atoms with Gasteiger partial charge in [0.25, 0.3) is 10.0 Å². The number of hydrogen-bond acceptors (Lipinski definition) is 3. The van der Waals surface area contributed by atoms with Gasteiger partial charge in [0.1, 0.15) is 4.90 Å². The monoisotopic (exact) mass is 502 g/mol. The van der Waals surface area contributed by atoms with Gasteiger partial charge in [-0.2, -0.15) is 0 Å². The second-order valence-corrected chi connectivity index (χ2v) is 8.37. The van der Waals surface area contributed by atoms with Crippen molar-refractivity contribution in [3.8, 4) is 0 Å². The average molecular weight is 505 g/mol. The number of anilines is 1. The van der Waals surface area contributed by atoms with Crippen LogP contribution in [0.5, 0.6) is 0 Å². The van der Waals surface area contributed by atoms with Crippen molar-refractivity contribution >= 4 is 75.1 Å². The molecule has 20 heavy (non-hydrogen) atoms. The second-order valence-electron chi connectivity index (χ2n) is 3.67. The normalized spacial score (nSPS) is 11.4. The fraction of sp³-hybridized carbons (Fsp3) is 0. The zero-order valence-electron chi connectivity index (χ0n) is 9.57. The van der Waals surface area contributed by atoms with Crippen LogP contribution in [0.15, 0.2) is 48.8 Å². The van der Waals surface area contributed by atoms with Gasteiger partial charge < -0.3 is 0 Å². The lowest BCUT2D eigenvalue weighted by Gasteiger charge is -2.11. The van der Waals surface area contributed by atoms with Crippen LogP contribution in [0.3, 0.4) is 0 Å². The van der Waals surface area contributed by atoms with Gasteiger partial charge in [-0.15, -0.1) is 0 Å². The van der Waals surface area contributed by atoms with Crippen LogP contribution in [-0.4, -0.2) is 13.4 Å². The molecule has 4 nitrogen and oxygen atoms in total. The maximum absolute atomic E-state index is 12.4. The van der Waals surface area contributed by atoms with Crippen molar-refractivity contribution in [2.45, 2.75) is 4.90 Å². The molecule has 0 atom stereocenters. The van der Waals surface area contributed by atoms with Crippen LogP contribution in [0.2, 0.25) is 5.15 Å². The van der Waals surface area contributed by atoms with Gasteiger partial charge in [-0.1, -0.05) is 27.5 Å². The number of rotatable bonds is 3. The van der Waals surface area contributed by atoms with Gasteiger partial charge in [0.15, 0.2) is 5.15 Å². The zero-order chi connectivity index (χ0) is 14.9. The minimum absolute atomic E-state index is 0.0721. The fourth-order valence-electron chi connectivity index (χ4n) is 1.38. The van der Waals surface area contributed by atoms with E-state index in [4.69, 9.17) is 11.6 Å². The molecule has 9 heteroatoms. The van der Waals surface area contributed by atoms with Crippen LogP contribution >= 0.6 is 59.4 Å². The lowest BCUT2D eigenvalue weighted by Crippen LogP contribution is -2.14. The third-order valence-electron chi connectivity index (χ3n) is 2.23. The Labute approximate surface area is 146 Å². The highest BCUT2D eigenvalue weighted by Gasteiger charge is 2.20. The Morgan fingerprint density at radius 1 is 1.10 bits per heavy atom. The fourth-order valence-corrected chi connectivity index (χ4v) is 4.48. The summed E-state index contributed by atoms with van der Waals surface area (Å²) in [5, 5.41) is 0.0721. The molecule has 0 fully saturated rings. The predicted molar refractivity (Wildman–Crippen MR) is 89.6 cm³/mol. The first-order chi connectivity index (χ1) is 9.29. The van der Waals surface area contributed by atoms with Crippen molar-refractivity contribution < 1.29 is 8.42 Å². The molecule has 0 amide bonds. The molecule has 0 saturated carbocycles. The Balaban J connectivity index is 2.46. The van der Waals surface area contributed by atoms with E-state index < -0.39 is 10.0 Å². The quantitative estimate of drug-likeness (QED) is 0.609. The van der Waals surface area contributed by atoms with Crippen LogP contribution < -0.4 is 4.72 Å². The molecule has 1 aromatic heterocycles. The van der Waals surface area contributed by atoms with Crippen molar-refractivity contribution in [3.05, 3.63) is 49.0 Å². The van der Waals surface area contributed by atoms with Gasteiger partial charge in [0.05, 0.1) is 5.69 Å². The molecule has 0 aliphatic rings. The third-order valence-corrected chi connectivity index (χ3v) is 5.82. The highest BCUT2D eigenvalue weighted by Crippen LogP contribution is 2.30. The first kappa shape index (κ1) is 16.2. The van der Waals surface area contributed by atoms with Crippen molar-refractivity contribution in [2.24, 2.45) is 0 Å². The highest BCUT2D eigenvalue weighted by atomic mass is 79.9. The van der Waals surface area contributed by atoms with E-state index in [1.54, 1.807) is 18.2 Å². The van der Waals surface area contributed by atoms with Crippen LogP contribution in [0.4, 0.5) is 5.69 Å². The smallest absolute Gasteiger partial charge is 0.263 e. The summed E-state index contributed by atoms with van der Waals surface area (Å²) in [5.74, 6) is 0. The summed E-state index contributed by atoms with van der Waals surface area (Å²) < 4.78 is 28.9. The summed E-state index contributed by atoms with van der Waals surface area (Å²) in [5.41, 5.74) is 0.202. The maximum Gasteiger partial charge on any atom is 0.263 e. The second kappa shape index (κ2) is 6.31. The molecule has 0 aliphatic heterocycles. The first-order valence-corrected chi connectivity index (χ1v) is 9.32. The Bertz CT molecular complexity index is 768. The first-order valence-electron chi connectivity index (χ1n) is 5.08. The number of hydrogen-bond donors (Lipinski definition) is 1. The SMILES string of the molecule is O=S(=O)(Nc1cc(Br)cnc1Cl)c1cc(Br)ccc1Br. The Hall–Kier alpha value is -0.150. The van der Waals surface area contributed by atoms with Gasteiger partial charge in [0.2, 0.25) is 0 Å². The van der Waals surface area contributed by atoms with Gasteiger partial charge in [0, 0.05) is 19.6 Å². The molecular weight excluding hydrogens is 499 g/mol. The molecule has 0 aliphatic carbocycles. The lowest BCUT2D eigenvalue weighted by molar-refractivity contribution is 0.600. The van der Waals surface area contributed by atoms with E-state index in [1.807, 2.05) is 0 Å². The van der Waals surface area contributed by atoms with Crippen molar-refractivity contribution in [1.29, 1.82) is 0 Å². The minimum atomic E-state index is -3.78. The molecule has 1 heterocycles. The van der Waals surface area contributed by atoms with Gasteiger partial charge in [-0.25, -0.2) is 13.4 Å². The third kappa shape index (κ3) is 3.73. The summed E-state index contributed by atoms with van der Waals surface area (Å²) in [4.78, 5) is 3.97. The largest absolute Gasteiger partial charge is 0.276 e. The molecule has 0 spiro atoms. The Morgan fingerprint density at radius 2 is 1.80 bits per heavy atom. The van der Waals surface area contributed by atoms with E-state index in [0.29, 0.717) is 13.4 Å². The van der Waals surface area contributed by atoms with Crippen LogP contribution in [0, 0.1) is 0 Å². The van der Waals surface area contributed by atoms with Crippen LogP contribution in [0.1, 0.15) is 0 Å². The number of nitrogens with zero attached hydrogens (tertiary/aromatic N) is 1. The van der Waals surface area contributed by atoms with Crippen LogP contribution in [0.25, 0.3) is 0 Å².